The SMILES string of the molecule is Nc1nc(O)c(C2NC(CO)C(O)C2O)c(=O)[nH]1. The standard InChI is InChI=1S/C9H14N4O5/c10-9-12-7(17)3(8(18)13-9)4-6(16)5(15)2(1-14)11-4/h2,4-6,11,14-16H,1H2,(H4,10,12,13,17,18). The fourth-order valence-corrected chi connectivity index (χ4v) is 2.05. The van der Waals surface area contributed by atoms with E-state index >= 15 is 0 Å². The highest BCUT2D eigenvalue weighted by Gasteiger charge is 2.43. The second-order valence-electron chi connectivity index (χ2n) is 4.10. The number of nitrogens with one attached hydrogen (secondary N) is 2. The van der Waals surface area contributed by atoms with Crippen molar-refractivity contribution in [1.29, 1.82) is 0 Å². The molecule has 1 aromatic heterocycles. The molecular formula is C9H14N4O5. The van der Waals surface area contributed by atoms with Crippen LogP contribution in [0.1, 0.15) is 11.6 Å². The minimum absolute atomic E-state index is 0.230. The predicted molar refractivity (Wildman–Crippen MR) is 59.7 cm³/mol. The van der Waals surface area contributed by atoms with Crippen molar-refractivity contribution in [2.45, 2.75) is 24.3 Å². The van der Waals surface area contributed by atoms with E-state index in [1.165, 1.54) is 0 Å². The van der Waals surface area contributed by atoms with E-state index in [9.17, 15) is 20.1 Å². The van der Waals surface area contributed by atoms with Crippen molar-refractivity contribution < 1.29 is 20.4 Å². The van der Waals surface area contributed by atoms with E-state index in [0.29, 0.717) is 0 Å². The number of anilines is 1. The van der Waals surface area contributed by atoms with Gasteiger partial charge in [0.15, 0.2) is 0 Å². The molecule has 0 bridgehead atoms. The highest BCUT2D eigenvalue weighted by atomic mass is 16.3. The number of nitrogens with zero attached hydrogens (tertiary/aromatic N) is 1. The molecule has 0 aromatic carbocycles. The van der Waals surface area contributed by atoms with Crippen LogP contribution in [0.2, 0.25) is 0 Å². The second-order valence-corrected chi connectivity index (χ2v) is 4.10. The van der Waals surface area contributed by atoms with Crippen molar-refractivity contribution in [3.05, 3.63) is 15.9 Å². The Labute approximate surface area is 101 Å². The molecule has 0 spiro atoms. The molecule has 100 valence electrons. The Morgan fingerprint density at radius 1 is 1.33 bits per heavy atom. The maximum Gasteiger partial charge on any atom is 0.261 e. The minimum atomic E-state index is -1.35. The monoisotopic (exact) mass is 258 g/mol. The number of aromatic hydroxyl groups is 1. The lowest BCUT2D eigenvalue weighted by Crippen LogP contribution is -2.36. The largest absolute Gasteiger partial charge is 0.493 e. The van der Waals surface area contributed by atoms with Crippen LogP contribution in [0.4, 0.5) is 5.95 Å². The number of nitrogen functional groups attached to an aromatic ring is 1. The van der Waals surface area contributed by atoms with Crippen molar-refractivity contribution in [2.75, 3.05) is 12.3 Å². The molecule has 9 nitrogen and oxygen atoms in total. The van der Waals surface area contributed by atoms with Gasteiger partial charge in [-0.1, -0.05) is 0 Å². The minimum Gasteiger partial charge on any atom is -0.493 e. The maximum absolute atomic E-state index is 11.7. The van der Waals surface area contributed by atoms with Gasteiger partial charge in [-0.25, -0.2) is 0 Å². The zero-order valence-corrected chi connectivity index (χ0v) is 9.24. The molecule has 9 heteroatoms. The molecule has 0 saturated carbocycles. The molecule has 2 rings (SSSR count). The number of aliphatic hydroxyl groups excluding tert-OH is 3. The molecule has 8 N–H and O–H groups in total. The van der Waals surface area contributed by atoms with Gasteiger partial charge in [0.1, 0.15) is 6.10 Å². The molecule has 0 radical (unpaired) electrons. The first-order valence-corrected chi connectivity index (χ1v) is 5.27. The van der Waals surface area contributed by atoms with Crippen LogP contribution in [-0.2, 0) is 0 Å². The number of H-pyrrole nitrogens is 1. The third kappa shape index (κ3) is 1.93. The number of aliphatic hydroxyl groups is 3. The van der Waals surface area contributed by atoms with Gasteiger partial charge >= 0.3 is 0 Å². The lowest BCUT2D eigenvalue weighted by atomic mass is 10.0. The molecule has 0 aliphatic carbocycles. The van der Waals surface area contributed by atoms with Crippen molar-refractivity contribution >= 4 is 5.95 Å². The van der Waals surface area contributed by atoms with Crippen molar-refractivity contribution in [3.8, 4) is 5.88 Å². The van der Waals surface area contributed by atoms with Gasteiger partial charge in [-0.2, -0.15) is 4.98 Å². The summed E-state index contributed by atoms with van der Waals surface area (Å²) < 4.78 is 0. The van der Waals surface area contributed by atoms with Crippen LogP contribution in [0, 0.1) is 0 Å². The van der Waals surface area contributed by atoms with Gasteiger partial charge < -0.3 is 26.2 Å². The van der Waals surface area contributed by atoms with Crippen LogP contribution < -0.4 is 16.6 Å². The van der Waals surface area contributed by atoms with Gasteiger partial charge in [-0.3, -0.25) is 15.1 Å². The summed E-state index contributed by atoms with van der Waals surface area (Å²) in [5.41, 5.74) is 4.29. The number of rotatable bonds is 2. The molecule has 1 aromatic rings. The summed E-state index contributed by atoms with van der Waals surface area (Å²) in [4.78, 5) is 17.3. The number of aromatic nitrogens is 2. The average molecular weight is 258 g/mol. The van der Waals surface area contributed by atoms with Crippen molar-refractivity contribution in [1.82, 2.24) is 15.3 Å². The second kappa shape index (κ2) is 4.53. The van der Waals surface area contributed by atoms with E-state index in [2.05, 4.69) is 15.3 Å². The van der Waals surface area contributed by atoms with Crippen LogP contribution in [0.25, 0.3) is 0 Å². The highest BCUT2D eigenvalue weighted by molar-refractivity contribution is 5.33. The molecule has 1 fully saturated rings. The average Bonchev–Trinajstić information content (AvgIpc) is 2.56. The van der Waals surface area contributed by atoms with Gasteiger partial charge in [0.25, 0.3) is 5.56 Å². The van der Waals surface area contributed by atoms with Gasteiger partial charge in [0.2, 0.25) is 11.8 Å². The summed E-state index contributed by atoms with van der Waals surface area (Å²) >= 11 is 0. The van der Waals surface area contributed by atoms with Gasteiger partial charge in [0, 0.05) is 0 Å². The topological polar surface area (TPSA) is 165 Å². The van der Waals surface area contributed by atoms with Crippen molar-refractivity contribution in [2.24, 2.45) is 0 Å². The number of hydrogen-bond donors (Lipinski definition) is 7. The maximum atomic E-state index is 11.7. The zero-order valence-electron chi connectivity index (χ0n) is 9.24. The first-order valence-electron chi connectivity index (χ1n) is 5.27. The van der Waals surface area contributed by atoms with Crippen LogP contribution in [0.15, 0.2) is 4.79 Å². The Kier molecular flexibility index (Phi) is 3.22. The van der Waals surface area contributed by atoms with E-state index in [1.54, 1.807) is 0 Å². The summed E-state index contributed by atoms with van der Waals surface area (Å²) in [7, 11) is 0. The molecule has 1 aliphatic heterocycles. The number of aromatic amines is 1. The fourth-order valence-electron chi connectivity index (χ4n) is 2.05. The highest BCUT2D eigenvalue weighted by Crippen LogP contribution is 2.29. The summed E-state index contributed by atoms with van der Waals surface area (Å²) in [6.07, 6.45) is -2.60. The van der Waals surface area contributed by atoms with Crippen molar-refractivity contribution in [3.63, 3.8) is 0 Å². The third-order valence-electron chi connectivity index (χ3n) is 2.96. The first-order chi connectivity index (χ1) is 8.45. The molecule has 4 atom stereocenters. The van der Waals surface area contributed by atoms with Crippen LogP contribution in [-0.4, -0.2) is 55.3 Å². The van der Waals surface area contributed by atoms with E-state index < -0.39 is 42.3 Å². The Morgan fingerprint density at radius 2 is 2.00 bits per heavy atom. The molecule has 2 heterocycles. The molecule has 4 unspecified atom stereocenters. The summed E-state index contributed by atoms with van der Waals surface area (Å²) in [5.74, 6) is -0.883. The number of hydrogen-bond acceptors (Lipinski definition) is 8. The molecule has 0 amide bonds. The Hall–Kier alpha value is -1.68. The molecule has 1 aliphatic rings. The molecular weight excluding hydrogens is 244 g/mol. The first kappa shape index (κ1) is 12.8. The Balaban J connectivity index is 2.42. The molecule has 1 saturated heterocycles. The smallest absolute Gasteiger partial charge is 0.261 e. The summed E-state index contributed by atoms with van der Waals surface area (Å²) in [6.45, 7) is -0.421. The Bertz CT molecular complexity index is 504. The lowest BCUT2D eigenvalue weighted by molar-refractivity contribution is 0.0190. The predicted octanol–water partition coefficient (Wildman–Crippen LogP) is -3.22. The van der Waals surface area contributed by atoms with Crippen LogP contribution in [0.5, 0.6) is 5.88 Å². The van der Waals surface area contributed by atoms with Gasteiger partial charge in [-0.05, 0) is 0 Å². The van der Waals surface area contributed by atoms with Gasteiger partial charge in [0.05, 0.1) is 30.4 Å². The lowest BCUT2D eigenvalue weighted by Gasteiger charge is -2.15. The summed E-state index contributed by atoms with van der Waals surface area (Å²) in [6, 6.07) is -1.82. The quantitative estimate of drug-likeness (QED) is 0.291. The van der Waals surface area contributed by atoms with E-state index in [0.717, 1.165) is 0 Å². The third-order valence-corrected chi connectivity index (χ3v) is 2.96. The zero-order chi connectivity index (χ0) is 13.4. The normalized spacial score (nSPS) is 31.7. The van der Waals surface area contributed by atoms with Crippen LogP contribution in [0.3, 0.4) is 0 Å². The van der Waals surface area contributed by atoms with E-state index in [4.69, 9.17) is 10.8 Å². The molecule has 18 heavy (non-hydrogen) atoms. The van der Waals surface area contributed by atoms with E-state index in [1.807, 2.05) is 0 Å². The number of nitrogens with two attached hydrogens (primary N) is 1. The van der Waals surface area contributed by atoms with Gasteiger partial charge in [-0.15, -0.1) is 0 Å². The summed E-state index contributed by atoms with van der Waals surface area (Å²) in [5, 5.41) is 40.6. The fraction of sp³-hybridized carbons (Fsp3) is 0.556. The van der Waals surface area contributed by atoms with Crippen LogP contribution >= 0.6 is 0 Å². The Morgan fingerprint density at radius 3 is 2.50 bits per heavy atom. The van der Waals surface area contributed by atoms with E-state index in [-0.39, 0.29) is 11.5 Å².